The average Bonchev–Trinajstić information content (AvgIpc) is 3.12. The molecule has 4 rings (SSSR count). The van der Waals surface area contributed by atoms with Gasteiger partial charge in [0.05, 0.1) is 24.1 Å². The SMILES string of the molecule is COc1cc(C=C2SC(=S)N(Cc3ccccc3)C2=O)ccc1OC(=O)c1ccc(C(C)(C)C)cc1. The summed E-state index contributed by atoms with van der Waals surface area (Å²) in [6, 6.07) is 22.3. The van der Waals surface area contributed by atoms with Crippen molar-refractivity contribution in [3.63, 3.8) is 0 Å². The highest BCUT2D eigenvalue weighted by Crippen LogP contribution is 2.35. The predicted molar refractivity (Wildman–Crippen MR) is 148 cm³/mol. The third kappa shape index (κ3) is 5.86. The van der Waals surface area contributed by atoms with Crippen LogP contribution >= 0.6 is 24.0 Å². The van der Waals surface area contributed by atoms with Crippen molar-refractivity contribution in [2.24, 2.45) is 0 Å². The fourth-order valence-corrected chi connectivity index (χ4v) is 4.93. The highest BCUT2D eigenvalue weighted by Gasteiger charge is 2.32. The quantitative estimate of drug-likeness (QED) is 0.159. The van der Waals surface area contributed by atoms with Gasteiger partial charge in [-0.15, -0.1) is 0 Å². The molecule has 0 aromatic heterocycles. The van der Waals surface area contributed by atoms with Gasteiger partial charge in [-0.2, -0.15) is 0 Å². The van der Waals surface area contributed by atoms with E-state index in [0.717, 1.165) is 16.7 Å². The van der Waals surface area contributed by atoms with Crippen LogP contribution in [0.5, 0.6) is 11.5 Å². The smallest absolute Gasteiger partial charge is 0.343 e. The maximum Gasteiger partial charge on any atom is 0.343 e. The van der Waals surface area contributed by atoms with Crippen LogP contribution in [0.15, 0.2) is 77.7 Å². The first kappa shape index (κ1) is 25.7. The van der Waals surface area contributed by atoms with Crippen molar-refractivity contribution in [2.45, 2.75) is 32.7 Å². The Morgan fingerprint density at radius 2 is 1.69 bits per heavy atom. The van der Waals surface area contributed by atoms with Gasteiger partial charge in [-0.3, -0.25) is 9.69 Å². The second-order valence-corrected chi connectivity index (χ2v) is 11.1. The van der Waals surface area contributed by atoms with Gasteiger partial charge >= 0.3 is 5.97 Å². The lowest BCUT2D eigenvalue weighted by Gasteiger charge is -2.19. The van der Waals surface area contributed by atoms with E-state index in [9.17, 15) is 9.59 Å². The summed E-state index contributed by atoms with van der Waals surface area (Å²) in [5.74, 6) is 0.0877. The summed E-state index contributed by atoms with van der Waals surface area (Å²) in [6.07, 6.45) is 1.77. The summed E-state index contributed by atoms with van der Waals surface area (Å²) in [5, 5.41) is 0. The number of nitrogens with zero attached hydrogens (tertiary/aromatic N) is 1. The van der Waals surface area contributed by atoms with Crippen LogP contribution in [-0.4, -0.2) is 28.2 Å². The fourth-order valence-electron chi connectivity index (χ4n) is 3.68. The number of carbonyl (C=O) groups excluding carboxylic acids is 2. The molecular weight excluding hydrogens is 490 g/mol. The number of ether oxygens (including phenoxy) is 2. The monoisotopic (exact) mass is 517 g/mol. The topological polar surface area (TPSA) is 55.8 Å². The Kier molecular flexibility index (Phi) is 7.62. The van der Waals surface area contributed by atoms with Gasteiger partial charge in [-0.25, -0.2) is 4.79 Å². The van der Waals surface area contributed by atoms with Crippen molar-refractivity contribution in [2.75, 3.05) is 7.11 Å². The van der Waals surface area contributed by atoms with Crippen molar-refractivity contribution in [3.8, 4) is 11.5 Å². The molecule has 1 amide bonds. The van der Waals surface area contributed by atoms with Gasteiger partial charge in [0.2, 0.25) is 0 Å². The minimum absolute atomic E-state index is 0.00268. The molecule has 3 aromatic rings. The number of amides is 1. The first-order chi connectivity index (χ1) is 17.2. The zero-order valence-corrected chi connectivity index (χ0v) is 22.2. The third-order valence-electron chi connectivity index (χ3n) is 5.73. The molecule has 3 aromatic carbocycles. The zero-order valence-electron chi connectivity index (χ0n) is 20.6. The first-order valence-corrected chi connectivity index (χ1v) is 12.7. The Labute approximate surface area is 221 Å². The van der Waals surface area contributed by atoms with Crippen LogP contribution in [0.1, 0.15) is 47.8 Å². The van der Waals surface area contributed by atoms with Crippen LogP contribution in [0.2, 0.25) is 0 Å². The molecule has 7 heteroatoms. The molecule has 1 saturated heterocycles. The summed E-state index contributed by atoms with van der Waals surface area (Å²) >= 11 is 6.71. The van der Waals surface area contributed by atoms with Crippen molar-refractivity contribution < 1.29 is 19.1 Å². The molecule has 0 bridgehead atoms. The van der Waals surface area contributed by atoms with E-state index < -0.39 is 5.97 Å². The molecule has 0 radical (unpaired) electrons. The number of methoxy groups -OCH3 is 1. The molecule has 0 N–H and O–H groups in total. The van der Waals surface area contributed by atoms with Crippen molar-refractivity contribution in [3.05, 3.63) is 100.0 Å². The van der Waals surface area contributed by atoms with Crippen LogP contribution in [0.25, 0.3) is 6.08 Å². The zero-order chi connectivity index (χ0) is 25.9. The number of rotatable bonds is 6. The number of carbonyl (C=O) groups is 2. The minimum atomic E-state index is -0.469. The van der Waals surface area contributed by atoms with Gasteiger partial charge in [0.1, 0.15) is 4.32 Å². The first-order valence-electron chi connectivity index (χ1n) is 11.5. The second-order valence-electron chi connectivity index (χ2n) is 9.38. The Balaban J connectivity index is 1.49. The van der Waals surface area contributed by atoms with E-state index in [1.54, 1.807) is 41.3 Å². The summed E-state index contributed by atoms with van der Waals surface area (Å²) in [7, 11) is 1.51. The molecule has 184 valence electrons. The maximum atomic E-state index is 13.0. The number of hydrogen-bond acceptors (Lipinski definition) is 6. The number of thioether (sulfide) groups is 1. The van der Waals surface area contributed by atoms with E-state index in [1.807, 2.05) is 42.5 Å². The Hall–Kier alpha value is -3.42. The van der Waals surface area contributed by atoms with Crippen molar-refractivity contribution in [1.29, 1.82) is 0 Å². The second kappa shape index (κ2) is 10.7. The molecule has 5 nitrogen and oxygen atoms in total. The van der Waals surface area contributed by atoms with E-state index in [2.05, 4.69) is 20.8 Å². The van der Waals surface area contributed by atoms with E-state index in [0.29, 0.717) is 32.8 Å². The van der Waals surface area contributed by atoms with E-state index in [1.165, 1.54) is 18.9 Å². The highest BCUT2D eigenvalue weighted by molar-refractivity contribution is 8.26. The van der Waals surface area contributed by atoms with Crippen LogP contribution < -0.4 is 9.47 Å². The Bertz CT molecular complexity index is 1330. The average molecular weight is 518 g/mol. The number of hydrogen-bond donors (Lipinski definition) is 0. The van der Waals surface area contributed by atoms with Gasteiger partial charge in [-0.1, -0.05) is 93.3 Å². The van der Waals surface area contributed by atoms with E-state index >= 15 is 0 Å². The molecule has 1 fully saturated rings. The van der Waals surface area contributed by atoms with Crippen LogP contribution in [0.4, 0.5) is 0 Å². The van der Waals surface area contributed by atoms with Gasteiger partial charge in [0.15, 0.2) is 11.5 Å². The Morgan fingerprint density at radius 1 is 1.00 bits per heavy atom. The molecule has 0 spiro atoms. The third-order valence-corrected chi connectivity index (χ3v) is 7.11. The largest absolute Gasteiger partial charge is 0.493 e. The molecule has 0 aliphatic carbocycles. The lowest BCUT2D eigenvalue weighted by molar-refractivity contribution is -0.122. The van der Waals surface area contributed by atoms with Gasteiger partial charge in [0.25, 0.3) is 5.91 Å². The van der Waals surface area contributed by atoms with E-state index in [-0.39, 0.29) is 11.3 Å². The molecule has 0 unspecified atom stereocenters. The van der Waals surface area contributed by atoms with Gasteiger partial charge < -0.3 is 9.47 Å². The number of thiocarbonyl (C=S) groups is 1. The molecule has 1 aliphatic rings. The molecule has 1 heterocycles. The van der Waals surface area contributed by atoms with Gasteiger partial charge in [-0.05, 0) is 52.4 Å². The summed E-state index contributed by atoms with van der Waals surface area (Å²) in [5.41, 5.74) is 3.33. The molecular formula is C29H27NO4S2. The van der Waals surface area contributed by atoms with Crippen LogP contribution in [0.3, 0.4) is 0 Å². The standard InChI is InChI=1S/C29H27NO4S2/c1-29(2,3)22-13-11-21(12-14-22)27(32)34-23-15-10-20(16-24(23)33-4)17-25-26(31)30(28(35)36-25)18-19-8-6-5-7-9-19/h5-17H,18H2,1-4H3. The maximum absolute atomic E-state index is 13.0. The summed E-state index contributed by atoms with van der Waals surface area (Å²) < 4.78 is 11.6. The van der Waals surface area contributed by atoms with Crippen molar-refractivity contribution in [1.82, 2.24) is 4.90 Å². The molecule has 36 heavy (non-hydrogen) atoms. The van der Waals surface area contributed by atoms with E-state index in [4.69, 9.17) is 21.7 Å². The van der Waals surface area contributed by atoms with Crippen LogP contribution in [-0.2, 0) is 16.8 Å². The van der Waals surface area contributed by atoms with Crippen LogP contribution in [0, 0.1) is 0 Å². The normalized spacial score (nSPS) is 14.9. The van der Waals surface area contributed by atoms with Crippen molar-refractivity contribution >= 4 is 46.3 Å². The lowest BCUT2D eigenvalue weighted by Crippen LogP contribution is -2.27. The molecule has 1 aliphatic heterocycles. The number of benzene rings is 3. The number of esters is 1. The Morgan fingerprint density at radius 3 is 2.33 bits per heavy atom. The summed E-state index contributed by atoms with van der Waals surface area (Å²) in [4.78, 5) is 27.8. The molecule has 0 saturated carbocycles. The summed E-state index contributed by atoms with van der Waals surface area (Å²) in [6.45, 7) is 6.79. The fraction of sp³-hybridized carbons (Fsp3) is 0.207. The molecule has 0 atom stereocenters. The lowest BCUT2D eigenvalue weighted by atomic mass is 9.87. The predicted octanol–water partition coefficient (Wildman–Crippen LogP) is 6.61. The highest BCUT2D eigenvalue weighted by atomic mass is 32.2. The van der Waals surface area contributed by atoms with Gasteiger partial charge in [0, 0.05) is 0 Å². The minimum Gasteiger partial charge on any atom is -0.493 e.